The zero-order chi connectivity index (χ0) is 9.80. The summed E-state index contributed by atoms with van der Waals surface area (Å²) in [6.07, 6.45) is 3.35. The van der Waals surface area contributed by atoms with Gasteiger partial charge >= 0.3 is 0 Å². The van der Waals surface area contributed by atoms with Gasteiger partial charge in [-0.15, -0.1) is 10.2 Å². The second-order valence-corrected chi connectivity index (χ2v) is 2.95. The molecule has 0 aliphatic carbocycles. The Balaban J connectivity index is 2.15. The molecule has 0 spiro atoms. The van der Waals surface area contributed by atoms with E-state index in [0.29, 0.717) is 5.95 Å². The summed E-state index contributed by atoms with van der Waals surface area (Å²) in [7, 11) is 0. The maximum Gasteiger partial charge on any atom is 0.246 e. The van der Waals surface area contributed by atoms with Crippen LogP contribution in [0.15, 0.2) is 46.9 Å². The van der Waals surface area contributed by atoms with E-state index >= 15 is 0 Å². The smallest absolute Gasteiger partial charge is 0.246 e. The molecule has 0 amide bonds. The highest BCUT2D eigenvalue weighted by Crippen LogP contribution is 2.15. The number of aryl methyl sites for hydroxylation is 1. The fourth-order valence-corrected chi connectivity index (χ4v) is 1.03. The van der Waals surface area contributed by atoms with E-state index in [1.807, 2.05) is 31.2 Å². The first kappa shape index (κ1) is 8.62. The van der Waals surface area contributed by atoms with Crippen molar-refractivity contribution in [2.24, 2.45) is 10.2 Å². The molecule has 1 N–H and O–H groups in total. The number of imidazole rings is 1. The van der Waals surface area contributed by atoms with E-state index in [2.05, 4.69) is 20.2 Å². The van der Waals surface area contributed by atoms with Crippen LogP contribution in [0, 0.1) is 6.92 Å². The third kappa shape index (κ3) is 2.04. The molecule has 0 saturated carbocycles. The number of aromatic amines is 1. The van der Waals surface area contributed by atoms with Gasteiger partial charge in [0, 0.05) is 12.4 Å². The summed E-state index contributed by atoms with van der Waals surface area (Å²) in [6, 6.07) is 7.83. The van der Waals surface area contributed by atoms with Gasteiger partial charge in [0.1, 0.15) is 0 Å². The van der Waals surface area contributed by atoms with Gasteiger partial charge in [-0.3, -0.25) is 0 Å². The van der Waals surface area contributed by atoms with Crippen LogP contribution in [0.5, 0.6) is 0 Å². The lowest BCUT2D eigenvalue weighted by Crippen LogP contribution is -1.68. The molecule has 0 unspecified atom stereocenters. The van der Waals surface area contributed by atoms with E-state index < -0.39 is 0 Å². The summed E-state index contributed by atoms with van der Waals surface area (Å²) in [6.45, 7) is 2.04. The highest BCUT2D eigenvalue weighted by atomic mass is 15.2. The topological polar surface area (TPSA) is 53.4 Å². The molecule has 0 bridgehead atoms. The highest BCUT2D eigenvalue weighted by molar-refractivity contribution is 5.38. The number of H-pyrrole nitrogens is 1. The highest BCUT2D eigenvalue weighted by Gasteiger charge is 1.90. The maximum atomic E-state index is 4.02. The molecule has 70 valence electrons. The van der Waals surface area contributed by atoms with Crippen LogP contribution in [0.3, 0.4) is 0 Å². The van der Waals surface area contributed by atoms with Crippen LogP contribution in [0.1, 0.15) is 5.56 Å². The Bertz CT molecular complexity index is 414. The molecule has 14 heavy (non-hydrogen) atoms. The third-order valence-electron chi connectivity index (χ3n) is 1.78. The van der Waals surface area contributed by atoms with Crippen molar-refractivity contribution in [1.82, 2.24) is 9.97 Å². The van der Waals surface area contributed by atoms with E-state index in [1.54, 1.807) is 12.4 Å². The SMILES string of the molecule is Cc1ccc(N=Nc2ncc[nH]2)cc1. The standard InChI is InChI=1S/C10H10N4/c1-8-2-4-9(5-3-8)13-14-10-11-6-7-12-10/h2-7H,1H3,(H,11,12). The Kier molecular flexibility index (Phi) is 2.36. The lowest BCUT2D eigenvalue weighted by Gasteiger charge is -1.91. The summed E-state index contributed by atoms with van der Waals surface area (Å²) in [5.41, 5.74) is 2.04. The molecule has 1 heterocycles. The number of benzene rings is 1. The van der Waals surface area contributed by atoms with Crippen LogP contribution in [0.4, 0.5) is 11.6 Å². The molecule has 0 aliphatic heterocycles. The number of hydrogen-bond donors (Lipinski definition) is 1. The van der Waals surface area contributed by atoms with Crippen molar-refractivity contribution in [3.63, 3.8) is 0 Å². The molecule has 0 fully saturated rings. The van der Waals surface area contributed by atoms with Crippen molar-refractivity contribution < 1.29 is 0 Å². The predicted molar refractivity (Wildman–Crippen MR) is 53.9 cm³/mol. The lowest BCUT2D eigenvalue weighted by molar-refractivity contribution is 1.12. The van der Waals surface area contributed by atoms with Crippen LogP contribution < -0.4 is 0 Å². The Morgan fingerprint density at radius 1 is 1.14 bits per heavy atom. The Morgan fingerprint density at radius 3 is 2.57 bits per heavy atom. The van der Waals surface area contributed by atoms with Crippen molar-refractivity contribution in [2.45, 2.75) is 6.92 Å². The van der Waals surface area contributed by atoms with Gasteiger partial charge < -0.3 is 4.98 Å². The van der Waals surface area contributed by atoms with Crippen molar-refractivity contribution in [1.29, 1.82) is 0 Å². The largest absolute Gasteiger partial charge is 0.328 e. The quantitative estimate of drug-likeness (QED) is 0.719. The van der Waals surface area contributed by atoms with E-state index in [-0.39, 0.29) is 0 Å². The summed E-state index contributed by atoms with van der Waals surface area (Å²) in [5, 5.41) is 7.95. The van der Waals surface area contributed by atoms with Gasteiger partial charge in [-0.05, 0) is 19.1 Å². The second-order valence-electron chi connectivity index (χ2n) is 2.95. The summed E-state index contributed by atoms with van der Waals surface area (Å²) in [5.74, 6) is 0.519. The maximum absolute atomic E-state index is 4.02. The van der Waals surface area contributed by atoms with Crippen LogP contribution >= 0.6 is 0 Å². The van der Waals surface area contributed by atoms with E-state index in [9.17, 15) is 0 Å². The van der Waals surface area contributed by atoms with Gasteiger partial charge in [0.05, 0.1) is 5.69 Å². The molecule has 0 saturated heterocycles. The van der Waals surface area contributed by atoms with Crippen LogP contribution in [-0.4, -0.2) is 9.97 Å². The van der Waals surface area contributed by atoms with Gasteiger partial charge in [-0.1, -0.05) is 17.7 Å². The van der Waals surface area contributed by atoms with Crippen molar-refractivity contribution in [2.75, 3.05) is 0 Å². The summed E-state index contributed by atoms with van der Waals surface area (Å²) in [4.78, 5) is 6.78. The molecule has 0 aliphatic rings. The van der Waals surface area contributed by atoms with Crippen molar-refractivity contribution in [3.8, 4) is 0 Å². The van der Waals surface area contributed by atoms with E-state index in [0.717, 1.165) is 5.69 Å². The molecule has 4 nitrogen and oxygen atoms in total. The number of nitrogens with one attached hydrogen (secondary N) is 1. The van der Waals surface area contributed by atoms with Crippen molar-refractivity contribution in [3.05, 3.63) is 42.2 Å². The molecule has 0 radical (unpaired) electrons. The minimum absolute atomic E-state index is 0.519. The first-order valence-electron chi connectivity index (χ1n) is 4.32. The number of nitrogens with zero attached hydrogens (tertiary/aromatic N) is 3. The van der Waals surface area contributed by atoms with Crippen molar-refractivity contribution >= 4 is 11.6 Å². The minimum Gasteiger partial charge on any atom is -0.328 e. The molecular weight excluding hydrogens is 176 g/mol. The lowest BCUT2D eigenvalue weighted by atomic mass is 10.2. The van der Waals surface area contributed by atoms with Crippen LogP contribution in [0.2, 0.25) is 0 Å². The Hall–Kier alpha value is -1.97. The average molecular weight is 186 g/mol. The Labute approximate surface area is 81.7 Å². The number of aromatic nitrogens is 2. The molecular formula is C10H10N4. The first-order chi connectivity index (χ1) is 6.84. The second kappa shape index (κ2) is 3.83. The van der Waals surface area contributed by atoms with Crippen LogP contribution in [-0.2, 0) is 0 Å². The molecule has 1 aromatic carbocycles. The predicted octanol–water partition coefficient (Wildman–Crippen LogP) is 3.13. The zero-order valence-corrected chi connectivity index (χ0v) is 7.81. The Morgan fingerprint density at radius 2 is 1.93 bits per heavy atom. The molecule has 2 aromatic rings. The third-order valence-corrected chi connectivity index (χ3v) is 1.78. The molecule has 0 atom stereocenters. The van der Waals surface area contributed by atoms with Gasteiger partial charge in [0.2, 0.25) is 5.95 Å². The fraction of sp³-hybridized carbons (Fsp3) is 0.100. The van der Waals surface area contributed by atoms with Crippen LogP contribution in [0.25, 0.3) is 0 Å². The number of azo groups is 1. The van der Waals surface area contributed by atoms with Gasteiger partial charge in [-0.2, -0.15) is 0 Å². The average Bonchev–Trinajstić information content (AvgIpc) is 2.70. The molecule has 1 aromatic heterocycles. The number of rotatable bonds is 2. The fourth-order valence-electron chi connectivity index (χ4n) is 1.03. The van der Waals surface area contributed by atoms with Gasteiger partial charge in [0.25, 0.3) is 0 Å². The zero-order valence-electron chi connectivity index (χ0n) is 7.81. The van der Waals surface area contributed by atoms with Gasteiger partial charge in [0.15, 0.2) is 0 Å². The normalized spacial score (nSPS) is 10.9. The monoisotopic (exact) mass is 186 g/mol. The molecule has 2 rings (SSSR count). The summed E-state index contributed by atoms with van der Waals surface area (Å²) < 4.78 is 0. The van der Waals surface area contributed by atoms with Gasteiger partial charge in [-0.25, -0.2) is 4.98 Å². The van der Waals surface area contributed by atoms with E-state index in [4.69, 9.17) is 0 Å². The minimum atomic E-state index is 0.519. The summed E-state index contributed by atoms with van der Waals surface area (Å²) >= 11 is 0. The van der Waals surface area contributed by atoms with E-state index in [1.165, 1.54) is 5.56 Å². The molecule has 4 heteroatoms. The number of hydrogen-bond acceptors (Lipinski definition) is 3. The first-order valence-corrected chi connectivity index (χ1v) is 4.32.